The van der Waals surface area contributed by atoms with Crippen LogP contribution in [0, 0.1) is 5.92 Å². The van der Waals surface area contributed by atoms with Crippen molar-refractivity contribution >= 4 is 5.97 Å². The van der Waals surface area contributed by atoms with Gasteiger partial charge in [-0.2, -0.15) is 0 Å². The van der Waals surface area contributed by atoms with Crippen LogP contribution >= 0.6 is 0 Å². The Labute approximate surface area is 193 Å². The second-order valence-corrected chi connectivity index (χ2v) is 9.38. The van der Waals surface area contributed by atoms with Crippen LogP contribution in [0.25, 0.3) is 0 Å². The third kappa shape index (κ3) is 21.0. The molecule has 0 aromatic heterocycles. The minimum atomic E-state index is -0.830. The molecule has 0 aliphatic carbocycles. The smallest absolute Gasteiger partial charge is 0.309 e. The van der Waals surface area contributed by atoms with Gasteiger partial charge in [-0.1, -0.05) is 123 Å². The first kappa shape index (κ1) is 30.4. The number of ether oxygens (including phenoxy) is 1. The molecule has 0 aliphatic rings. The van der Waals surface area contributed by atoms with Gasteiger partial charge in [0.05, 0.1) is 25.2 Å². The first-order chi connectivity index (χ1) is 15.2. The van der Waals surface area contributed by atoms with Crippen LogP contribution in [0.2, 0.25) is 0 Å². The molecule has 0 aromatic rings. The monoisotopic (exact) mass is 442 g/mol. The zero-order valence-corrected chi connectivity index (χ0v) is 20.9. The number of hydrogen-bond acceptors (Lipinski definition) is 4. The molecule has 0 saturated heterocycles. The molecular weight excluding hydrogens is 388 g/mol. The molecule has 0 radical (unpaired) electrons. The summed E-state index contributed by atoms with van der Waals surface area (Å²) in [6, 6.07) is 0. The summed E-state index contributed by atoms with van der Waals surface area (Å²) in [5.74, 6) is -0.475. The van der Waals surface area contributed by atoms with Gasteiger partial charge < -0.3 is 14.9 Å². The Morgan fingerprint density at radius 2 is 1.10 bits per heavy atom. The molecule has 0 saturated carbocycles. The Bertz CT molecular complexity index is 372. The van der Waals surface area contributed by atoms with Crippen molar-refractivity contribution < 1.29 is 19.7 Å². The SMILES string of the molecule is CCCCCCCCCCCCC(CC(O)CO)C(=O)OCCCCCCCCCC. The molecular formula is C27H54O4. The molecule has 2 unspecified atom stereocenters. The fourth-order valence-corrected chi connectivity index (χ4v) is 4.14. The lowest BCUT2D eigenvalue weighted by atomic mass is 9.94. The fraction of sp³-hybridized carbons (Fsp3) is 0.963. The number of aliphatic hydroxyl groups excluding tert-OH is 2. The molecule has 0 aromatic carbocycles. The Morgan fingerprint density at radius 3 is 1.55 bits per heavy atom. The molecule has 0 amide bonds. The third-order valence-electron chi connectivity index (χ3n) is 6.25. The molecule has 0 spiro atoms. The van der Waals surface area contributed by atoms with E-state index in [-0.39, 0.29) is 18.5 Å². The van der Waals surface area contributed by atoms with Crippen LogP contribution in [0.3, 0.4) is 0 Å². The van der Waals surface area contributed by atoms with E-state index in [1.165, 1.54) is 89.9 Å². The van der Waals surface area contributed by atoms with E-state index in [0.29, 0.717) is 13.0 Å². The van der Waals surface area contributed by atoms with E-state index in [1.54, 1.807) is 0 Å². The number of carbonyl (C=O) groups is 1. The molecule has 0 aliphatic heterocycles. The van der Waals surface area contributed by atoms with Crippen molar-refractivity contribution in [2.45, 2.75) is 148 Å². The maximum absolute atomic E-state index is 12.5. The molecule has 4 heteroatoms. The highest BCUT2D eigenvalue weighted by Crippen LogP contribution is 2.20. The minimum absolute atomic E-state index is 0.189. The molecule has 2 N–H and O–H groups in total. The maximum Gasteiger partial charge on any atom is 0.309 e. The van der Waals surface area contributed by atoms with Gasteiger partial charge in [0.15, 0.2) is 0 Å². The number of rotatable bonds is 24. The van der Waals surface area contributed by atoms with Gasteiger partial charge in [-0.25, -0.2) is 0 Å². The van der Waals surface area contributed by atoms with Crippen LogP contribution < -0.4 is 0 Å². The lowest BCUT2D eigenvalue weighted by molar-refractivity contribution is -0.150. The van der Waals surface area contributed by atoms with Crippen molar-refractivity contribution in [1.82, 2.24) is 0 Å². The largest absolute Gasteiger partial charge is 0.465 e. The Hall–Kier alpha value is -0.610. The van der Waals surface area contributed by atoms with E-state index in [1.807, 2.05) is 0 Å². The number of hydrogen-bond donors (Lipinski definition) is 2. The summed E-state index contributed by atoms with van der Waals surface area (Å²) >= 11 is 0. The third-order valence-corrected chi connectivity index (χ3v) is 6.25. The van der Waals surface area contributed by atoms with Crippen LogP contribution in [0.4, 0.5) is 0 Å². The van der Waals surface area contributed by atoms with E-state index in [9.17, 15) is 9.90 Å². The molecule has 31 heavy (non-hydrogen) atoms. The predicted octanol–water partition coefficient (Wildman–Crippen LogP) is 7.34. The topological polar surface area (TPSA) is 66.8 Å². The lowest BCUT2D eigenvalue weighted by Gasteiger charge is -2.18. The molecule has 4 nitrogen and oxygen atoms in total. The second kappa shape index (κ2) is 24.0. The highest BCUT2D eigenvalue weighted by atomic mass is 16.5. The molecule has 0 rings (SSSR count). The second-order valence-electron chi connectivity index (χ2n) is 9.38. The standard InChI is InChI=1S/C27H54O4/c1-3-5-7-9-11-13-14-15-17-19-21-25(23-26(29)24-28)27(30)31-22-20-18-16-12-10-8-6-4-2/h25-26,28-29H,3-24H2,1-2H3. The summed E-state index contributed by atoms with van der Waals surface area (Å²) in [7, 11) is 0. The van der Waals surface area contributed by atoms with Crippen LogP contribution in [0.1, 0.15) is 142 Å². The summed E-state index contributed by atoms with van der Waals surface area (Å²) in [6.07, 6.45) is 22.7. The van der Waals surface area contributed by atoms with Crippen LogP contribution in [-0.2, 0) is 9.53 Å². The number of esters is 1. The van der Waals surface area contributed by atoms with Crippen molar-refractivity contribution in [3.05, 3.63) is 0 Å². The van der Waals surface area contributed by atoms with Crippen molar-refractivity contribution in [3.63, 3.8) is 0 Å². The Kier molecular flexibility index (Phi) is 23.6. The molecule has 186 valence electrons. The van der Waals surface area contributed by atoms with E-state index in [0.717, 1.165) is 32.1 Å². The first-order valence-corrected chi connectivity index (χ1v) is 13.6. The van der Waals surface area contributed by atoms with Gasteiger partial charge in [0.1, 0.15) is 0 Å². The lowest BCUT2D eigenvalue weighted by Crippen LogP contribution is -2.25. The quantitative estimate of drug-likeness (QED) is 0.121. The summed E-state index contributed by atoms with van der Waals surface area (Å²) in [4.78, 5) is 12.5. The average molecular weight is 443 g/mol. The van der Waals surface area contributed by atoms with Crippen molar-refractivity contribution in [1.29, 1.82) is 0 Å². The average Bonchev–Trinajstić information content (AvgIpc) is 2.78. The van der Waals surface area contributed by atoms with Gasteiger partial charge in [0.2, 0.25) is 0 Å². The predicted molar refractivity (Wildman–Crippen MR) is 131 cm³/mol. The van der Waals surface area contributed by atoms with Crippen molar-refractivity contribution in [2.75, 3.05) is 13.2 Å². The van der Waals surface area contributed by atoms with Gasteiger partial charge >= 0.3 is 5.97 Å². The van der Waals surface area contributed by atoms with Crippen molar-refractivity contribution in [2.24, 2.45) is 5.92 Å². The highest BCUT2D eigenvalue weighted by molar-refractivity contribution is 5.72. The summed E-state index contributed by atoms with van der Waals surface area (Å²) in [6.45, 7) is 4.67. The van der Waals surface area contributed by atoms with Gasteiger partial charge in [-0.05, 0) is 19.3 Å². The summed E-state index contributed by atoms with van der Waals surface area (Å²) in [5.41, 5.74) is 0. The van der Waals surface area contributed by atoms with Crippen LogP contribution in [-0.4, -0.2) is 35.5 Å². The Balaban J connectivity index is 3.87. The van der Waals surface area contributed by atoms with Gasteiger partial charge in [-0.15, -0.1) is 0 Å². The zero-order chi connectivity index (χ0) is 23.0. The first-order valence-electron chi connectivity index (χ1n) is 13.6. The molecule has 0 bridgehead atoms. The van der Waals surface area contributed by atoms with E-state index >= 15 is 0 Å². The molecule has 0 fully saturated rings. The van der Waals surface area contributed by atoms with Crippen LogP contribution in [0.15, 0.2) is 0 Å². The summed E-state index contributed by atoms with van der Waals surface area (Å²) < 4.78 is 5.51. The highest BCUT2D eigenvalue weighted by Gasteiger charge is 2.22. The van der Waals surface area contributed by atoms with Crippen molar-refractivity contribution in [3.8, 4) is 0 Å². The fourth-order valence-electron chi connectivity index (χ4n) is 4.14. The molecule has 2 atom stereocenters. The number of carbonyl (C=O) groups excluding carboxylic acids is 1. The summed E-state index contributed by atoms with van der Waals surface area (Å²) in [5, 5.41) is 19.0. The van der Waals surface area contributed by atoms with E-state index in [4.69, 9.17) is 9.84 Å². The minimum Gasteiger partial charge on any atom is -0.465 e. The normalized spacial score (nSPS) is 13.3. The number of unbranched alkanes of at least 4 members (excludes halogenated alkanes) is 16. The van der Waals surface area contributed by atoms with E-state index in [2.05, 4.69) is 13.8 Å². The van der Waals surface area contributed by atoms with E-state index < -0.39 is 6.10 Å². The maximum atomic E-state index is 12.5. The zero-order valence-electron chi connectivity index (χ0n) is 20.9. The van der Waals surface area contributed by atoms with Gasteiger partial charge in [0, 0.05) is 0 Å². The molecule has 0 heterocycles. The van der Waals surface area contributed by atoms with Gasteiger partial charge in [-0.3, -0.25) is 4.79 Å². The Morgan fingerprint density at radius 1 is 0.677 bits per heavy atom. The number of aliphatic hydroxyl groups is 2. The van der Waals surface area contributed by atoms with Crippen LogP contribution in [0.5, 0.6) is 0 Å². The van der Waals surface area contributed by atoms with Gasteiger partial charge in [0.25, 0.3) is 0 Å².